The number of nitrogens with two attached hydrogens (primary N) is 1. The molecule has 0 saturated carbocycles. The lowest BCUT2D eigenvalue weighted by atomic mass is 10.2. The maximum atomic E-state index is 5.53. The number of hydrogen-bond donors (Lipinski definition) is 1. The van der Waals surface area contributed by atoms with Crippen molar-refractivity contribution in [2.24, 2.45) is 0 Å². The molecular weight excluding hydrogens is 143 g/mol. The van der Waals surface area contributed by atoms with Crippen LogP contribution in [0.15, 0.2) is 12.3 Å². The van der Waals surface area contributed by atoms with Gasteiger partial charge in [0.2, 0.25) is 0 Å². The van der Waals surface area contributed by atoms with Crippen LogP contribution in [0.2, 0.25) is 0 Å². The van der Waals surface area contributed by atoms with E-state index in [0.717, 1.165) is 11.7 Å². The topological polar surface area (TPSA) is 38.9 Å². The molecule has 1 atom stereocenters. The van der Waals surface area contributed by atoms with E-state index in [1.54, 1.807) is 6.20 Å². The van der Waals surface area contributed by atoms with Crippen LogP contribution in [-0.4, -0.2) is 4.98 Å². The van der Waals surface area contributed by atoms with Crippen LogP contribution in [0.25, 0.3) is 0 Å². The Morgan fingerprint density at radius 1 is 1.70 bits per heavy atom. The van der Waals surface area contributed by atoms with Crippen molar-refractivity contribution in [3.8, 4) is 0 Å². The molecule has 0 radical (unpaired) electrons. The standard InChI is InChI=1S/C7H11N2P/c1-5-2-6(4-10)3-9-7(5)8/h2-3H,4,10H2,1H3,(H2,8,9). The molecule has 1 unspecified atom stereocenters. The molecule has 54 valence electrons. The number of aromatic nitrogens is 1. The van der Waals surface area contributed by atoms with Gasteiger partial charge in [-0.1, -0.05) is 6.07 Å². The summed E-state index contributed by atoms with van der Waals surface area (Å²) in [4.78, 5) is 4.01. The van der Waals surface area contributed by atoms with Gasteiger partial charge in [0.05, 0.1) is 0 Å². The first-order chi connectivity index (χ1) is 4.74. The summed E-state index contributed by atoms with van der Waals surface area (Å²) in [6.07, 6.45) is 2.74. The summed E-state index contributed by atoms with van der Waals surface area (Å²) >= 11 is 0. The van der Waals surface area contributed by atoms with Gasteiger partial charge in [-0.3, -0.25) is 0 Å². The molecule has 0 aromatic carbocycles. The maximum Gasteiger partial charge on any atom is 0.126 e. The Bertz CT molecular complexity index is 235. The molecule has 10 heavy (non-hydrogen) atoms. The van der Waals surface area contributed by atoms with Crippen molar-refractivity contribution in [2.45, 2.75) is 13.1 Å². The van der Waals surface area contributed by atoms with E-state index < -0.39 is 0 Å². The van der Waals surface area contributed by atoms with Crippen molar-refractivity contribution < 1.29 is 0 Å². The Morgan fingerprint density at radius 3 is 2.90 bits per heavy atom. The van der Waals surface area contributed by atoms with Crippen molar-refractivity contribution in [3.05, 3.63) is 23.4 Å². The molecule has 0 aliphatic rings. The maximum absolute atomic E-state index is 5.53. The Kier molecular flexibility index (Phi) is 2.23. The van der Waals surface area contributed by atoms with Gasteiger partial charge in [-0.25, -0.2) is 4.98 Å². The average molecular weight is 154 g/mol. The van der Waals surface area contributed by atoms with E-state index in [4.69, 9.17) is 5.73 Å². The van der Waals surface area contributed by atoms with Gasteiger partial charge in [-0.2, -0.15) is 0 Å². The smallest absolute Gasteiger partial charge is 0.126 e. The minimum atomic E-state index is 0.627. The van der Waals surface area contributed by atoms with Gasteiger partial charge in [0.15, 0.2) is 0 Å². The zero-order valence-electron chi connectivity index (χ0n) is 5.96. The highest BCUT2D eigenvalue weighted by Gasteiger charge is 1.94. The zero-order chi connectivity index (χ0) is 7.56. The Balaban J connectivity index is 3.04. The largest absolute Gasteiger partial charge is 0.383 e. The first-order valence-electron chi connectivity index (χ1n) is 3.15. The highest BCUT2D eigenvalue weighted by atomic mass is 31.0. The third-order valence-electron chi connectivity index (χ3n) is 1.41. The number of anilines is 1. The summed E-state index contributed by atoms with van der Waals surface area (Å²) in [5.41, 5.74) is 7.79. The van der Waals surface area contributed by atoms with Crippen molar-refractivity contribution in [2.75, 3.05) is 5.73 Å². The molecule has 1 rings (SSSR count). The molecule has 0 aliphatic heterocycles. The van der Waals surface area contributed by atoms with Crippen LogP contribution in [0.1, 0.15) is 11.1 Å². The number of hydrogen-bond acceptors (Lipinski definition) is 2. The molecule has 0 aliphatic carbocycles. The fourth-order valence-electron chi connectivity index (χ4n) is 0.755. The summed E-state index contributed by atoms with van der Waals surface area (Å²) in [7, 11) is 2.65. The normalized spacial score (nSPS) is 9.80. The van der Waals surface area contributed by atoms with Crippen LogP contribution in [-0.2, 0) is 6.16 Å². The Hall–Kier alpha value is -0.620. The van der Waals surface area contributed by atoms with Crippen molar-refractivity contribution in [1.29, 1.82) is 0 Å². The van der Waals surface area contributed by atoms with Gasteiger partial charge in [0.25, 0.3) is 0 Å². The number of nitrogens with zero attached hydrogens (tertiary/aromatic N) is 1. The summed E-state index contributed by atoms with van der Waals surface area (Å²) in [5, 5.41) is 0. The quantitative estimate of drug-likeness (QED) is 0.620. The predicted molar refractivity (Wildman–Crippen MR) is 46.8 cm³/mol. The summed E-state index contributed by atoms with van der Waals surface area (Å²) in [5.74, 6) is 0.627. The minimum absolute atomic E-state index is 0.627. The van der Waals surface area contributed by atoms with Gasteiger partial charge in [0, 0.05) is 6.20 Å². The molecule has 1 heterocycles. The molecule has 2 nitrogen and oxygen atoms in total. The van der Waals surface area contributed by atoms with E-state index >= 15 is 0 Å². The van der Waals surface area contributed by atoms with Crippen LogP contribution in [0.3, 0.4) is 0 Å². The van der Waals surface area contributed by atoms with Gasteiger partial charge in [0.1, 0.15) is 5.82 Å². The van der Waals surface area contributed by atoms with E-state index in [1.165, 1.54) is 5.56 Å². The summed E-state index contributed by atoms with van der Waals surface area (Å²) < 4.78 is 0. The fourth-order valence-corrected chi connectivity index (χ4v) is 0.978. The van der Waals surface area contributed by atoms with E-state index in [2.05, 4.69) is 20.3 Å². The molecule has 1 aromatic rings. The van der Waals surface area contributed by atoms with Crippen molar-refractivity contribution in [1.82, 2.24) is 4.98 Å². The first kappa shape index (κ1) is 7.49. The average Bonchev–Trinajstić information content (AvgIpc) is 1.95. The van der Waals surface area contributed by atoms with E-state index in [0.29, 0.717) is 5.82 Å². The minimum Gasteiger partial charge on any atom is -0.383 e. The molecule has 0 fully saturated rings. The zero-order valence-corrected chi connectivity index (χ0v) is 7.12. The van der Waals surface area contributed by atoms with E-state index in [-0.39, 0.29) is 0 Å². The van der Waals surface area contributed by atoms with Crippen LogP contribution in [0.5, 0.6) is 0 Å². The predicted octanol–water partition coefficient (Wildman–Crippen LogP) is 1.35. The highest BCUT2D eigenvalue weighted by Crippen LogP contribution is 2.10. The van der Waals surface area contributed by atoms with E-state index in [9.17, 15) is 0 Å². The molecule has 3 heteroatoms. The molecular formula is C7H11N2P. The second kappa shape index (κ2) is 2.98. The monoisotopic (exact) mass is 154 g/mol. The van der Waals surface area contributed by atoms with Crippen molar-refractivity contribution >= 4 is 15.1 Å². The SMILES string of the molecule is Cc1cc(CP)cnc1N. The molecule has 0 bridgehead atoms. The lowest BCUT2D eigenvalue weighted by molar-refractivity contribution is 1.22. The number of nitrogen functional groups attached to an aromatic ring is 1. The summed E-state index contributed by atoms with van der Waals surface area (Å²) in [6.45, 7) is 1.96. The Morgan fingerprint density at radius 2 is 2.40 bits per heavy atom. The second-order valence-corrected chi connectivity index (χ2v) is 2.66. The van der Waals surface area contributed by atoms with Crippen LogP contribution >= 0.6 is 9.24 Å². The number of rotatable bonds is 1. The molecule has 0 saturated heterocycles. The van der Waals surface area contributed by atoms with Gasteiger partial charge in [-0.15, -0.1) is 9.24 Å². The molecule has 0 spiro atoms. The van der Waals surface area contributed by atoms with Crippen LogP contribution < -0.4 is 5.73 Å². The lowest BCUT2D eigenvalue weighted by Crippen LogP contribution is -1.94. The highest BCUT2D eigenvalue weighted by molar-refractivity contribution is 7.15. The van der Waals surface area contributed by atoms with Gasteiger partial charge < -0.3 is 5.73 Å². The molecule has 0 amide bonds. The number of pyridine rings is 1. The van der Waals surface area contributed by atoms with Gasteiger partial charge >= 0.3 is 0 Å². The summed E-state index contributed by atoms with van der Waals surface area (Å²) in [6, 6.07) is 2.05. The third-order valence-corrected chi connectivity index (χ3v) is 1.88. The third kappa shape index (κ3) is 1.45. The fraction of sp³-hybridized carbons (Fsp3) is 0.286. The van der Waals surface area contributed by atoms with E-state index in [1.807, 2.05) is 6.92 Å². The second-order valence-electron chi connectivity index (χ2n) is 2.25. The van der Waals surface area contributed by atoms with Gasteiger partial charge in [-0.05, 0) is 24.2 Å². The number of aryl methyl sites for hydroxylation is 1. The van der Waals surface area contributed by atoms with Crippen LogP contribution in [0.4, 0.5) is 5.82 Å². The molecule has 1 aromatic heterocycles. The first-order valence-corrected chi connectivity index (χ1v) is 3.96. The Labute approximate surface area is 63.1 Å². The van der Waals surface area contributed by atoms with Crippen LogP contribution in [0, 0.1) is 6.92 Å². The molecule has 2 N–H and O–H groups in total. The van der Waals surface area contributed by atoms with Crippen molar-refractivity contribution in [3.63, 3.8) is 0 Å². The lowest BCUT2D eigenvalue weighted by Gasteiger charge is -1.99.